The van der Waals surface area contributed by atoms with Gasteiger partial charge in [-0.25, -0.2) is 4.79 Å². The molecule has 1 aromatic carbocycles. The number of benzene rings is 1. The van der Waals surface area contributed by atoms with Gasteiger partial charge in [0.05, 0.1) is 13.2 Å². The lowest BCUT2D eigenvalue weighted by Crippen LogP contribution is -2.46. The molecule has 1 saturated heterocycles. The molecule has 0 unspecified atom stereocenters. The van der Waals surface area contributed by atoms with Gasteiger partial charge in [0.25, 0.3) is 0 Å². The van der Waals surface area contributed by atoms with Crippen molar-refractivity contribution in [2.24, 2.45) is 5.41 Å². The number of phenolic OH excluding ortho intramolecular Hbond substituents is 1. The van der Waals surface area contributed by atoms with Gasteiger partial charge in [0.2, 0.25) is 0 Å². The zero-order chi connectivity index (χ0) is 13.3. The summed E-state index contributed by atoms with van der Waals surface area (Å²) in [7, 11) is 1.49. The topological polar surface area (TPSA) is 67.8 Å². The van der Waals surface area contributed by atoms with Crippen LogP contribution in [0.25, 0.3) is 0 Å². The van der Waals surface area contributed by atoms with Gasteiger partial charge in [0.1, 0.15) is 6.61 Å². The van der Waals surface area contributed by atoms with Crippen molar-refractivity contribution in [1.82, 2.24) is 5.32 Å². The van der Waals surface area contributed by atoms with Crippen molar-refractivity contribution in [1.29, 1.82) is 0 Å². The number of hydrogen-bond acceptors (Lipinski definition) is 4. The predicted octanol–water partition coefficient (Wildman–Crippen LogP) is 2.21. The first kappa shape index (κ1) is 12.5. The van der Waals surface area contributed by atoms with Gasteiger partial charge in [-0.05, 0) is 17.7 Å². The van der Waals surface area contributed by atoms with E-state index in [1.165, 1.54) is 7.11 Å². The number of methoxy groups -OCH3 is 1. The molecule has 0 aliphatic carbocycles. The Hall–Kier alpha value is -1.91. The Morgan fingerprint density at radius 3 is 2.83 bits per heavy atom. The number of amides is 1. The van der Waals surface area contributed by atoms with Gasteiger partial charge in [-0.2, -0.15) is 0 Å². The molecular formula is C13H17NO4. The summed E-state index contributed by atoms with van der Waals surface area (Å²) >= 11 is 0. The molecule has 1 aliphatic rings. The number of aromatic hydroxyl groups is 1. The molecule has 1 heterocycles. The highest BCUT2D eigenvalue weighted by atomic mass is 16.6. The van der Waals surface area contributed by atoms with Crippen LogP contribution in [0.5, 0.6) is 11.5 Å². The largest absolute Gasteiger partial charge is 0.504 e. The fourth-order valence-corrected chi connectivity index (χ4v) is 2.11. The van der Waals surface area contributed by atoms with Crippen LogP contribution in [0.3, 0.4) is 0 Å². The molecule has 1 amide bonds. The number of rotatable bonds is 2. The van der Waals surface area contributed by atoms with Crippen LogP contribution in [-0.2, 0) is 4.74 Å². The van der Waals surface area contributed by atoms with Gasteiger partial charge in [-0.1, -0.05) is 19.9 Å². The molecule has 1 atom stereocenters. The highest BCUT2D eigenvalue weighted by molar-refractivity contribution is 5.69. The van der Waals surface area contributed by atoms with Crippen molar-refractivity contribution in [2.75, 3.05) is 13.7 Å². The van der Waals surface area contributed by atoms with Gasteiger partial charge in [-0.15, -0.1) is 0 Å². The minimum atomic E-state index is -0.436. The molecule has 1 aromatic rings. The van der Waals surface area contributed by atoms with E-state index in [9.17, 15) is 9.90 Å². The molecule has 2 N–H and O–H groups in total. The Bertz CT molecular complexity index is 470. The Morgan fingerprint density at radius 1 is 1.50 bits per heavy atom. The third-order valence-electron chi connectivity index (χ3n) is 3.16. The maximum absolute atomic E-state index is 11.3. The van der Waals surface area contributed by atoms with Crippen LogP contribution in [-0.4, -0.2) is 24.9 Å². The molecule has 2 rings (SSSR count). The number of alkyl carbamates (subject to hydrolysis) is 1. The van der Waals surface area contributed by atoms with Crippen LogP contribution in [0, 0.1) is 5.41 Å². The van der Waals surface area contributed by atoms with E-state index < -0.39 is 6.09 Å². The molecular weight excluding hydrogens is 234 g/mol. The van der Waals surface area contributed by atoms with Crippen LogP contribution in [0.1, 0.15) is 25.5 Å². The van der Waals surface area contributed by atoms with E-state index >= 15 is 0 Å². The summed E-state index contributed by atoms with van der Waals surface area (Å²) in [6.07, 6.45) is -0.436. The smallest absolute Gasteiger partial charge is 0.407 e. The molecule has 98 valence electrons. The lowest BCUT2D eigenvalue weighted by Gasteiger charge is -2.38. The fourth-order valence-electron chi connectivity index (χ4n) is 2.11. The highest BCUT2D eigenvalue weighted by Crippen LogP contribution is 2.39. The van der Waals surface area contributed by atoms with Gasteiger partial charge in [0, 0.05) is 5.41 Å². The molecule has 5 heteroatoms. The molecule has 0 saturated carbocycles. The first-order valence-corrected chi connectivity index (χ1v) is 5.74. The predicted molar refractivity (Wildman–Crippen MR) is 65.7 cm³/mol. The van der Waals surface area contributed by atoms with Crippen molar-refractivity contribution in [2.45, 2.75) is 19.9 Å². The van der Waals surface area contributed by atoms with E-state index in [0.29, 0.717) is 12.4 Å². The summed E-state index contributed by atoms with van der Waals surface area (Å²) in [6, 6.07) is 4.92. The van der Waals surface area contributed by atoms with Crippen LogP contribution >= 0.6 is 0 Å². The maximum atomic E-state index is 11.3. The molecule has 1 aliphatic heterocycles. The van der Waals surface area contributed by atoms with Crippen molar-refractivity contribution < 1.29 is 19.4 Å². The van der Waals surface area contributed by atoms with Crippen LogP contribution in [0.4, 0.5) is 4.79 Å². The molecule has 1 fully saturated rings. The maximum Gasteiger partial charge on any atom is 0.407 e. The van der Waals surface area contributed by atoms with E-state index in [-0.39, 0.29) is 17.2 Å². The Balaban J connectivity index is 2.34. The normalized spacial score (nSPS) is 21.9. The second-order valence-electron chi connectivity index (χ2n) is 5.07. The van der Waals surface area contributed by atoms with E-state index in [1.54, 1.807) is 12.1 Å². The second-order valence-corrected chi connectivity index (χ2v) is 5.07. The molecule has 0 spiro atoms. The second kappa shape index (κ2) is 4.40. The monoisotopic (exact) mass is 251 g/mol. The lowest BCUT2D eigenvalue weighted by atomic mass is 9.80. The molecule has 18 heavy (non-hydrogen) atoms. The zero-order valence-electron chi connectivity index (χ0n) is 10.7. The summed E-state index contributed by atoms with van der Waals surface area (Å²) in [5, 5.41) is 12.6. The number of carbonyl (C=O) groups is 1. The van der Waals surface area contributed by atoms with E-state index in [0.717, 1.165) is 5.56 Å². The lowest BCUT2D eigenvalue weighted by molar-refractivity contribution is 0.0386. The van der Waals surface area contributed by atoms with Gasteiger partial charge >= 0.3 is 6.09 Å². The average Bonchev–Trinajstić information content (AvgIpc) is 2.32. The third kappa shape index (κ3) is 2.20. The Morgan fingerprint density at radius 2 is 2.22 bits per heavy atom. The molecule has 0 aromatic heterocycles. The number of carbonyl (C=O) groups excluding carboxylic acids is 1. The zero-order valence-corrected chi connectivity index (χ0v) is 10.7. The van der Waals surface area contributed by atoms with E-state index in [1.807, 2.05) is 19.9 Å². The minimum Gasteiger partial charge on any atom is -0.504 e. The third-order valence-corrected chi connectivity index (χ3v) is 3.16. The molecule has 5 nitrogen and oxygen atoms in total. The average molecular weight is 251 g/mol. The quantitative estimate of drug-likeness (QED) is 0.845. The van der Waals surface area contributed by atoms with Crippen molar-refractivity contribution in [3.05, 3.63) is 23.8 Å². The van der Waals surface area contributed by atoms with Crippen LogP contribution < -0.4 is 10.1 Å². The van der Waals surface area contributed by atoms with E-state index in [2.05, 4.69) is 5.32 Å². The van der Waals surface area contributed by atoms with Crippen LogP contribution in [0.2, 0.25) is 0 Å². The van der Waals surface area contributed by atoms with Gasteiger partial charge in [-0.3, -0.25) is 0 Å². The van der Waals surface area contributed by atoms with E-state index in [4.69, 9.17) is 9.47 Å². The summed E-state index contributed by atoms with van der Waals surface area (Å²) in [5.74, 6) is 0.474. The van der Waals surface area contributed by atoms with Gasteiger partial charge < -0.3 is 19.9 Å². The summed E-state index contributed by atoms with van der Waals surface area (Å²) in [5.41, 5.74) is 0.588. The van der Waals surface area contributed by atoms with Crippen molar-refractivity contribution in [3.63, 3.8) is 0 Å². The summed E-state index contributed by atoms with van der Waals surface area (Å²) < 4.78 is 9.98. The minimum absolute atomic E-state index is 0.0616. The Kier molecular flexibility index (Phi) is 3.07. The number of nitrogens with one attached hydrogen (secondary N) is 1. The standard InChI is InChI=1S/C13H17NO4/c1-13(2)7-18-12(16)14-11(13)8-4-5-10(17-3)9(15)6-8/h4-6,11,15H,7H2,1-3H3,(H,14,16)/t11-/m1/s1. The van der Waals surface area contributed by atoms with Crippen LogP contribution in [0.15, 0.2) is 18.2 Å². The number of hydrogen-bond donors (Lipinski definition) is 2. The Labute approximate surface area is 106 Å². The number of cyclic esters (lactones) is 1. The number of ether oxygens (including phenoxy) is 2. The molecule has 0 bridgehead atoms. The SMILES string of the molecule is COc1ccc([C@H]2NC(=O)OCC2(C)C)cc1O. The van der Waals surface area contributed by atoms with Crippen molar-refractivity contribution in [3.8, 4) is 11.5 Å². The van der Waals surface area contributed by atoms with Gasteiger partial charge in [0.15, 0.2) is 11.5 Å². The molecule has 0 radical (unpaired) electrons. The summed E-state index contributed by atoms with van der Waals surface area (Å²) in [6.45, 7) is 4.34. The van der Waals surface area contributed by atoms with Crippen molar-refractivity contribution >= 4 is 6.09 Å². The highest BCUT2D eigenvalue weighted by Gasteiger charge is 2.38. The number of phenols is 1. The first-order valence-electron chi connectivity index (χ1n) is 5.74. The summed E-state index contributed by atoms with van der Waals surface area (Å²) in [4.78, 5) is 11.3. The first-order chi connectivity index (χ1) is 8.44. The fraction of sp³-hybridized carbons (Fsp3) is 0.462.